The molecule has 0 bridgehead atoms. The van der Waals surface area contributed by atoms with E-state index >= 15 is 0 Å². The molecule has 1 N–H and O–H groups in total. The molecule has 0 saturated heterocycles. The molecule has 1 amide bonds. The maximum absolute atomic E-state index is 11.4. The van der Waals surface area contributed by atoms with Crippen LogP contribution in [0.3, 0.4) is 0 Å². The van der Waals surface area contributed by atoms with Crippen LogP contribution in [-0.4, -0.2) is 20.7 Å². The van der Waals surface area contributed by atoms with Gasteiger partial charge in [0.05, 0.1) is 11.4 Å². The number of rotatable bonds is 3. The summed E-state index contributed by atoms with van der Waals surface area (Å²) in [6, 6.07) is 5.20. The Morgan fingerprint density at radius 3 is 3.00 bits per heavy atom. The summed E-state index contributed by atoms with van der Waals surface area (Å²) in [5.41, 5.74) is 1.35. The SMILES string of the molecule is CCC(=O)Nc1cc(Cl)ccc1-n1cncn1. The molecular formula is C11H11ClN4O. The number of benzene rings is 1. The lowest BCUT2D eigenvalue weighted by Gasteiger charge is -2.10. The van der Waals surface area contributed by atoms with Crippen LogP contribution in [0.4, 0.5) is 5.69 Å². The Bertz CT molecular complexity index is 524. The highest BCUT2D eigenvalue weighted by Gasteiger charge is 2.08. The monoisotopic (exact) mass is 250 g/mol. The van der Waals surface area contributed by atoms with E-state index in [1.54, 1.807) is 36.1 Å². The minimum absolute atomic E-state index is 0.0753. The number of carbonyl (C=O) groups excluding carboxylic acids is 1. The second-order valence-electron chi connectivity index (χ2n) is 3.40. The fourth-order valence-electron chi connectivity index (χ4n) is 1.38. The number of amides is 1. The molecule has 88 valence electrons. The summed E-state index contributed by atoms with van der Waals surface area (Å²) < 4.78 is 1.57. The van der Waals surface area contributed by atoms with E-state index in [1.165, 1.54) is 6.33 Å². The largest absolute Gasteiger partial charge is 0.324 e. The first-order valence-corrected chi connectivity index (χ1v) is 5.53. The number of nitrogens with zero attached hydrogens (tertiary/aromatic N) is 3. The lowest BCUT2D eigenvalue weighted by molar-refractivity contribution is -0.115. The summed E-state index contributed by atoms with van der Waals surface area (Å²) in [6.07, 6.45) is 3.40. The van der Waals surface area contributed by atoms with Crippen molar-refractivity contribution in [1.29, 1.82) is 0 Å². The topological polar surface area (TPSA) is 59.8 Å². The van der Waals surface area contributed by atoms with Gasteiger partial charge in [-0.3, -0.25) is 4.79 Å². The van der Waals surface area contributed by atoms with E-state index in [2.05, 4.69) is 15.4 Å². The van der Waals surface area contributed by atoms with E-state index in [-0.39, 0.29) is 5.91 Å². The molecule has 0 radical (unpaired) electrons. The van der Waals surface area contributed by atoms with Crippen LogP contribution in [0.15, 0.2) is 30.9 Å². The molecule has 2 aromatic rings. The van der Waals surface area contributed by atoms with Gasteiger partial charge >= 0.3 is 0 Å². The van der Waals surface area contributed by atoms with Gasteiger partial charge in [0.2, 0.25) is 5.91 Å². The Morgan fingerprint density at radius 1 is 1.53 bits per heavy atom. The number of anilines is 1. The van der Waals surface area contributed by atoms with E-state index in [0.717, 1.165) is 5.69 Å². The number of hydrogen-bond acceptors (Lipinski definition) is 3. The summed E-state index contributed by atoms with van der Waals surface area (Å²) in [7, 11) is 0. The van der Waals surface area contributed by atoms with Crippen molar-refractivity contribution in [3.8, 4) is 5.69 Å². The van der Waals surface area contributed by atoms with Crippen LogP contribution in [0.25, 0.3) is 5.69 Å². The van der Waals surface area contributed by atoms with Crippen LogP contribution in [0.2, 0.25) is 5.02 Å². The Balaban J connectivity index is 2.41. The van der Waals surface area contributed by atoms with Gasteiger partial charge in [-0.15, -0.1) is 0 Å². The zero-order chi connectivity index (χ0) is 12.3. The predicted octanol–water partition coefficient (Wildman–Crippen LogP) is 2.27. The van der Waals surface area contributed by atoms with Gasteiger partial charge in [0.1, 0.15) is 12.7 Å². The molecule has 0 atom stereocenters. The van der Waals surface area contributed by atoms with Crippen LogP contribution in [0.5, 0.6) is 0 Å². The van der Waals surface area contributed by atoms with E-state index < -0.39 is 0 Å². The van der Waals surface area contributed by atoms with E-state index in [4.69, 9.17) is 11.6 Å². The molecule has 0 aliphatic heterocycles. The van der Waals surface area contributed by atoms with Crippen molar-refractivity contribution in [3.63, 3.8) is 0 Å². The van der Waals surface area contributed by atoms with Crippen LogP contribution >= 0.6 is 11.6 Å². The number of nitrogens with one attached hydrogen (secondary N) is 1. The van der Waals surface area contributed by atoms with Crippen molar-refractivity contribution in [2.75, 3.05) is 5.32 Å². The Kier molecular flexibility index (Phi) is 3.39. The van der Waals surface area contributed by atoms with Crippen LogP contribution in [0.1, 0.15) is 13.3 Å². The Morgan fingerprint density at radius 2 is 2.35 bits per heavy atom. The average Bonchev–Trinajstić information content (AvgIpc) is 2.82. The molecule has 0 aliphatic carbocycles. The van der Waals surface area contributed by atoms with Crippen molar-refractivity contribution >= 4 is 23.2 Å². The van der Waals surface area contributed by atoms with E-state index in [0.29, 0.717) is 17.1 Å². The zero-order valence-electron chi connectivity index (χ0n) is 9.22. The third-order valence-electron chi connectivity index (χ3n) is 2.22. The summed E-state index contributed by atoms with van der Waals surface area (Å²) in [4.78, 5) is 15.3. The molecule has 2 rings (SSSR count). The predicted molar refractivity (Wildman–Crippen MR) is 65.3 cm³/mol. The molecule has 0 aliphatic rings. The maximum Gasteiger partial charge on any atom is 0.224 e. The van der Waals surface area contributed by atoms with Crippen molar-refractivity contribution in [2.24, 2.45) is 0 Å². The van der Waals surface area contributed by atoms with Crippen molar-refractivity contribution < 1.29 is 4.79 Å². The molecule has 0 unspecified atom stereocenters. The molecule has 1 aromatic carbocycles. The average molecular weight is 251 g/mol. The lowest BCUT2D eigenvalue weighted by atomic mass is 10.2. The summed E-state index contributed by atoms with van der Waals surface area (Å²) >= 11 is 5.91. The second-order valence-corrected chi connectivity index (χ2v) is 3.84. The second kappa shape index (κ2) is 4.97. The molecule has 5 nitrogen and oxygen atoms in total. The van der Waals surface area contributed by atoms with Gasteiger partial charge in [-0.25, -0.2) is 9.67 Å². The standard InChI is InChI=1S/C11H11ClN4O/c1-2-11(17)15-9-5-8(12)3-4-10(9)16-7-13-6-14-16/h3-7H,2H2,1H3,(H,15,17). The molecule has 0 spiro atoms. The van der Waals surface area contributed by atoms with Crippen molar-refractivity contribution in [1.82, 2.24) is 14.8 Å². The van der Waals surface area contributed by atoms with Crippen LogP contribution < -0.4 is 5.32 Å². The third-order valence-corrected chi connectivity index (χ3v) is 2.45. The van der Waals surface area contributed by atoms with Gasteiger partial charge in [0.25, 0.3) is 0 Å². The Hall–Kier alpha value is -1.88. The van der Waals surface area contributed by atoms with Gasteiger partial charge < -0.3 is 5.32 Å². The first-order valence-electron chi connectivity index (χ1n) is 5.15. The number of aromatic nitrogens is 3. The number of halogens is 1. The highest BCUT2D eigenvalue weighted by molar-refractivity contribution is 6.31. The lowest BCUT2D eigenvalue weighted by Crippen LogP contribution is -2.12. The van der Waals surface area contributed by atoms with Crippen LogP contribution in [0, 0.1) is 0 Å². The van der Waals surface area contributed by atoms with E-state index in [9.17, 15) is 4.79 Å². The highest BCUT2D eigenvalue weighted by Crippen LogP contribution is 2.23. The smallest absolute Gasteiger partial charge is 0.224 e. The molecule has 0 saturated carbocycles. The van der Waals surface area contributed by atoms with Gasteiger partial charge in [0, 0.05) is 11.4 Å². The molecule has 1 heterocycles. The van der Waals surface area contributed by atoms with Crippen molar-refractivity contribution in [2.45, 2.75) is 13.3 Å². The molecule has 6 heteroatoms. The fourth-order valence-corrected chi connectivity index (χ4v) is 1.55. The van der Waals surface area contributed by atoms with Gasteiger partial charge in [-0.1, -0.05) is 18.5 Å². The van der Waals surface area contributed by atoms with E-state index in [1.807, 2.05) is 0 Å². The third kappa shape index (κ3) is 2.62. The summed E-state index contributed by atoms with van der Waals surface area (Å²) in [5, 5.41) is 7.35. The normalized spacial score (nSPS) is 10.2. The Labute approximate surface area is 103 Å². The fraction of sp³-hybridized carbons (Fsp3) is 0.182. The minimum atomic E-state index is -0.0753. The maximum atomic E-state index is 11.4. The number of carbonyl (C=O) groups is 1. The first kappa shape index (κ1) is 11.6. The van der Waals surface area contributed by atoms with Gasteiger partial charge in [-0.2, -0.15) is 5.10 Å². The number of hydrogen-bond donors (Lipinski definition) is 1. The zero-order valence-corrected chi connectivity index (χ0v) is 9.98. The summed E-state index contributed by atoms with van der Waals surface area (Å²) in [6.45, 7) is 1.79. The molecule has 0 fully saturated rings. The molecular weight excluding hydrogens is 240 g/mol. The minimum Gasteiger partial charge on any atom is -0.324 e. The highest BCUT2D eigenvalue weighted by atomic mass is 35.5. The quantitative estimate of drug-likeness (QED) is 0.909. The first-order chi connectivity index (χ1) is 8.20. The van der Waals surface area contributed by atoms with Gasteiger partial charge in [0.15, 0.2) is 0 Å². The van der Waals surface area contributed by atoms with Gasteiger partial charge in [-0.05, 0) is 18.2 Å². The molecule has 17 heavy (non-hydrogen) atoms. The van der Waals surface area contributed by atoms with Crippen molar-refractivity contribution in [3.05, 3.63) is 35.9 Å². The van der Waals surface area contributed by atoms with Crippen LogP contribution in [-0.2, 0) is 4.79 Å². The summed E-state index contributed by atoms with van der Waals surface area (Å²) in [5.74, 6) is -0.0753. The molecule has 1 aromatic heterocycles.